The van der Waals surface area contributed by atoms with E-state index in [1.54, 1.807) is 37.4 Å². The number of rotatable bonds is 7. The maximum absolute atomic E-state index is 13.4. The monoisotopic (exact) mass is 570 g/mol. The Labute approximate surface area is 219 Å². The average Bonchev–Trinajstić information content (AvgIpc) is 3.38. The Hall–Kier alpha value is -3.17. The zero-order valence-electron chi connectivity index (χ0n) is 20.1. The second-order valence-corrected chi connectivity index (χ2v) is 11.4. The van der Waals surface area contributed by atoms with E-state index in [0.717, 1.165) is 33.5 Å². The van der Waals surface area contributed by atoms with Crippen LogP contribution in [-0.2, 0) is 10.0 Å². The third-order valence-corrected chi connectivity index (χ3v) is 8.68. The average molecular weight is 571 g/mol. The van der Waals surface area contributed by atoms with Crippen LogP contribution in [0.15, 0.2) is 76.1 Å². The number of benzene rings is 3. The minimum absolute atomic E-state index is 0.0200. The summed E-state index contributed by atoms with van der Waals surface area (Å²) < 4.78 is 46.7. The number of fused-ring (bicyclic) bond motifs is 3. The van der Waals surface area contributed by atoms with E-state index in [1.165, 1.54) is 14.2 Å². The smallest absolute Gasteiger partial charge is 0.262 e. The molecule has 0 bridgehead atoms. The summed E-state index contributed by atoms with van der Waals surface area (Å²) in [4.78, 5) is 0.186. The molecule has 9 heteroatoms. The van der Waals surface area contributed by atoms with Gasteiger partial charge in [0.05, 0.1) is 38.0 Å². The topological polar surface area (TPSA) is 85.9 Å². The molecule has 36 heavy (non-hydrogen) atoms. The van der Waals surface area contributed by atoms with Crippen molar-refractivity contribution < 1.29 is 22.6 Å². The van der Waals surface area contributed by atoms with Crippen molar-refractivity contribution >= 4 is 37.3 Å². The first-order valence-electron chi connectivity index (χ1n) is 11.5. The summed E-state index contributed by atoms with van der Waals surface area (Å²) in [6.45, 7) is 0. The van der Waals surface area contributed by atoms with Crippen molar-refractivity contribution in [1.29, 1.82) is 0 Å². The van der Waals surface area contributed by atoms with Gasteiger partial charge in [-0.05, 0) is 66.4 Å². The summed E-state index contributed by atoms with van der Waals surface area (Å²) in [5, 5.41) is 3.66. The van der Waals surface area contributed by atoms with Crippen LogP contribution in [0.4, 0.5) is 11.4 Å². The van der Waals surface area contributed by atoms with Gasteiger partial charge in [0.25, 0.3) is 10.0 Å². The predicted octanol–water partition coefficient (Wildman–Crippen LogP) is 6.10. The third-order valence-electron chi connectivity index (χ3n) is 6.82. The number of hydrogen-bond acceptors (Lipinski definition) is 6. The fourth-order valence-electron chi connectivity index (χ4n) is 5.09. The van der Waals surface area contributed by atoms with Gasteiger partial charge in [-0.3, -0.25) is 4.72 Å². The van der Waals surface area contributed by atoms with Crippen molar-refractivity contribution in [3.05, 3.63) is 82.3 Å². The van der Waals surface area contributed by atoms with E-state index in [9.17, 15) is 8.42 Å². The summed E-state index contributed by atoms with van der Waals surface area (Å²) in [6, 6.07) is 16.2. The van der Waals surface area contributed by atoms with Crippen LogP contribution in [0.5, 0.6) is 17.2 Å². The second-order valence-electron chi connectivity index (χ2n) is 8.78. The quantitative estimate of drug-likeness (QED) is 0.334. The molecule has 0 fully saturated rings. The van der Waals surface area contributed by atoms with Crippen molar-refractivity contribution in [2.75, 3.05) is 31.4 Å². The first-order valence-corrected chi connectivity index (χ1v) is 13.8. The normalized spacial score (nSPS) is 20.2. The molecule has 0 unspecified atom stereocenters. The van der Waals surface area contributed by atoms with E-state index >= 15 is 0 Å². The molecule has 3 aromatic carbocycles. The second kappa shape index (κ2) is 9.71. The number of nitrogens with one attached hydrogen (secondary N) is 2. The maximum atomic E-state index is 13.4. The van der Waals surface area contributed by atoms with Gasteiger partial charge in [0.2, 0.25) is 0 Å². The van der Waals surface area contributed by atoms with E-state index < -0.39 is 10.0 Å². The molecule has 188 valence electrons. The first kappa shape index (κ1) is 24.5. The Morgan fingerprint density at radius 1 is 0.917 bits per heavy atom. The van der Waals surface area contributed by atoms with Crippen LogP contribution < -0.4 is 24.2 Å². The number of hydrogen-bond donors (Lipinski definition) is 2. The van der Waals surface area contributed by atoms with Gasteiger partial charge in [-0.1, -0.05) is 28.1 Å². The fraction of sp³-hybridized carbons (Fsp3) is 0.259. The Kier molecular flexibility index (Phi) is 6.61. The van der Waals surface area contributed by atoms with E-state index in [0.29, 0.717) is 17.2 Å². The molecule has 0 amide bonds. The zero-order valence-corrected chi connectivity index (χ0v) is 22.5. The lowest BCUT2D eigenvalue weighted by Gasteiger charge is -2.38. The number of anilines is 2. The summed E-state index contributed by atoms with van der Waals surface area (Å²) >= 11 is 3.58. The highest BCUT2D eigenvalue weighted by Crippen LogP contribution is 2.51. The van der Waals surface area contributed by atoms with Gasteiger partial charge in [-0.25, -0.2) is 8.42 Å². The van der Waals surface area contributed by atoms with E-state index in [1.807, 2.05) is 18.2 Å². The number of sulfonamides is 1. The lowest BCUT2D eigenvalue weighted by Crippen LogP contribution is -2.29. The van der Waals surface area contributed by atoms with Crippen LogP contribution in [0.25, 0.3) is 0 Å². The van der Waals surface area contributed by atoms with Crippen LogP contribution in [-0.4, -0.2) is 29.7 Å². The molecule has 1 heterocycles. The molecule has 0 spiro atoms. The number of allylic oxidation sites excluding steroid dienone is 2. The highest BCUT2D eigenvalue weighted by molar-refractivity contribution is 9.10. The van der Waals surface area contributed by atoms with Crippen molar-refractivity contribution in [2.24, 2.45) is 5.92 Å². The van der Waals surface area contributed by atoms with E-state index in [2.05, 4.69) is 44.2 Å². The Bertz CT molecular complexity index is 1440. The SMILES string of the molecule is COc1ccc(OC)c(NS(=O)(=O)c2ccc3c(c2)[C@H]2C=CC[C@H]2[C@@H](c2cc(Br)ccc2OC)N3)c1. The van der Waals surface area contributed by atoms with Crippen LogP contribution in [0.3, 0.4) is 0 Å². The fourth-order valence-corrected chi connectivity index (χ4v) is 6.57. The number of ether oxygens (including phenoxy) is 3. The lowest BCUT2D eigenvalue weighted by molar-refractivity contribution is 0.381. The molecule has 0 saturated heterocycles. The molecular weight excluding hydrogens is 544 g/mol. The lowest BCUT2D eigenvalue weighted by atomic mass is 9.77. The predicted molar refractivity (Wildman–Crippen MR) is 144 cm³/mol. The zero-order chi connectivity index (χ0) is 25.4. The molecule has 3 aromatic rings. The largest absolute Gasteiger partial charge is 0.497 e. The molecule has 7 nitrogen and oxygen atoms in total. The first-order chi connectivity index (χ1) is 17.3. The Morgan fingerprint density at radius 3 is 2.44 bits per heavy atom. The van der Waals surface area contributed by atoms with Crippen molar-refractivity contribution in [2.45, 2.75) is 23.3 Å². The van der Waals surface area contributed by atoms with Crippen molar-refractivity contribution in [1.82, 2.24) is 0 Å². The highest BCUT2D eigenvalue weighted by atomic mass is 79.9. The minimum atomic E-state index is -3.88. The van der Waals surface area contributed by atoms with Gasteiger partial charge in [0, 0.05) is 27.7 Å². The van der Waals surface area contributed by atoms with Crippen LogP contribution in [0.2, 0.25) is 0 Å². The standard InChI is InChI=1S/C27H27BrN2O5S/c1-33-17-8-12-26(35-3)24(14-17)30-36(31,32)18-9-10-23-21(15-18)19-5-4-6-20(19)27(29-23)22-13-16(28)7-11-25(22)34-2/h4-5,7-15,19-20,27,29-30H,6H2,1-3H3/t19-,20+,27-/m0/s1. The molecule has 5 rings (SSSR count). The molecule has 2 N–H and O–H groups in total. The van der Waals surface area contributed by atoms with E-state index in [4.69, 9.17) is 14.2 Å². The molecule has 0 radical (unpaired) electrons. The van der Waals surface area contributed by atoms with Gasteiger partial charge in [-0.15, -0.1) is 0 Å². The van der Waals surface area contributed by atoms with Gasteiger partial charge in [0.1, 0.15) is 17.2 Å². The van der Waals surface area contributed by atoms with Crippen LogP contribution >= 0.6 is 15.9 Å². The third kappa shape index (κ3) is 4.41. The molecular formula is C27H27BrN2O5S. The highest BCUT2D eigenvalue weighted by Gasteiger charge is 2.39. The molecule has 1 aliphatic heterocycles. The van der Waals surface area contributed by atoms with Crippen LogP contribution in [0, 0.1) is 5.92 Å². The summed E-state index contributed by atoms with van der Waals surface area (Å²) in [5.41, 5.74) is 3.25. The summed E-state index contributed by atoms with van der Waals surface area (Å²) in [7, 11) is 0.818. The molecule has 0 saturated carbocycles. The molecule has 2 aliphatic rings. The van der Waals surface area contributed by atoms with E-state index in [-0.39, 0.29) is 22.8 Å². The molecule has 1 aliphatic carbocycles. The summed E-state index contributed by atoms with van der Waals surface area (Å²) in [6.07, 6.45) is 5.23. The summed E-state index contributed by atoms with van der Waals surface area (Å²) in [5.74, 6) is 2.06. The number of halogens is 1. The van der Waals surface area contributed by atoms with Crippen molar-refractivity contribution in [3.63, 3.8) is 0 Å². The van der Waals surface area contributed by atoms with Gasteiger partial charge in [-0.2, -0.15) is 0 Å². The number of methoxy groups -OCH3 is 3. The van der Waals surface area contributed by atoms with Crippen molar-refractivity contribution in [3.8, 4) is 17.2 Å². The Balaban J connectivity index is 1.51. The maximum Gasteiger partial charge on any atom is 0.262 e. The minimum Gasteiger partial charge on any atom is -0.497 e. The molecule has 0 aromatic heterocycles. The Morgan fingerprint density at radius 2 is 1.69 bits per heavy atom. The molecule has 3 atom stereocenters. The van der Waals surface area contributed by atoms with Gasteiger partial charge in [0.15, 0.2) is 0 Å². The van der Waals surface area contributed by atoms with Gasteiger partial charge >= 0.3 is 0 Å². The van der Waals surface area contributed by atoms with Gasteiger partial charge < -0.3 is 19.5 Å². The van der Waals surface area contributed by atoms with Crippen LogP contribution in [0.1, 0.15) is 29.5 Å².